The first-order chi connectivity index (χ1) is 10.4. The maximum Gasteiger partial charge on any atom is 0.260 e. The normalized spacial score (nSPS) is 10.8. The van der Waals surface area contributed by atoms with Crippen molar-refractivity contribution >= 4 is 23.2 Å². The van der Waals surface area contributed by atoms with E-state index >= 15 is 0 Å². The van der Waals surface area contributed by atoms with Gasteiger partial charge in [-0.2, -0.15) is 5.10 Å². The molecule has 1 aromatic heterocycles. The Balaban J connectivity index is 2.22. The van der Waals surface area contributed by atoms with E-state index in [1.807, 2.05) is 39.0 Å². The highest BCUT2D eigenvalue weighted by Crippen LogP contribution is 2.22. The number of halogens is 1. The SMILES string of the molecule is CCCCn1nc(C)c(C(=O)Nc2ccc(C)c(C)c2)c1Cl. The lowest BCUT2D eigenvalue weighted by molar-refractivity contribution is 0.102. The van der Waals surface area contributed by atoms with E-state index in [1.165, 1.54) is 5.56 Å². The van der Waals surface area contributed by atoms with Gasteiger partial charge >= 0.3 is 0 Å². The highest BCUT2D eigenvalue weighted by molar-refractivity contribution is 6.33. The number of aryl methyl sites for hydroxylation is 4. The van der Waals surface area contributed by atoms with Crippen LogP contribution in [0.4, 0.5) is 5.69 Å². The maximum absolute atomic E-state index is 12.5. The van der Waals surface area contributed by atoms with Crippen molar-refractivity contribution in [1.29, 1.82) is 0 Å². The van der Waals surface area contributed by atoms with Crippen LogP contribution in [-0.4, -0.2) is 15.7 Å². The quantitative estimate of drug-likeness (QED) is 0.881. The highest BCUT2D eigenvalue weighted by Gasteiger charge is 2.20. The summed E-state index contributed by atoms with van der Waals surface area (Å²) in [7, 11) is 0. The topological polar surface area (TPSA) is 46.9 Å². The van der Waals surface area contributed by atoms with E-state index in [0.29, 0.717) is 16.4 Å². The van der Waals surface area contributed by atoms with E-state index in [9.17, 15) is 4.79 Å². The molecule has 1 heterocycles. The Morgan fingerprint density at radius 1 is 1.27 bits per heavy atom. The molecule has 0 unspecified atom stereocenters. The fraction of sp³-hybridized carbons (Fsp3) is 0.412. The van der Waals surface area contributed by atoms with Gasteiger partial charge in [0.25, 0.3) is 5.91 Å². The zero-order valence-electron chi connectivity index (χ0n) is 13.5. The first-order valence-corrected chi connectivity index (χ1v) is 7.93. The third kappa shape index (κ3) is 3.50. The summed E-state index contributed by atoms with van der Waals surface area (Å²) in [5.41, 5.74) is 4.21. The predicted molar refractivity (Wildman–Crippen MR) is 90.8 cm³/mol. The summed E-state index contributed by atoms with van der Waals surface area (Å²) < 4.78 is 1.70. The predicted octanol–water partition coefficient (Wildman–Crippen LogP) is 4.51. The van der Waals surface area contributed by atoms with Gasteiger partial charge in [-0.15, -0.1) is 0 Å². The minimum Gasteiger partial charge on any atom is -0.322 e. The summed E-state index contributed by atoms with van der Waals surface area (Å²) >= 11 is 6.32. The first kappa shape index (κ1) is 16.6. The fourth-order valence-corrected chi connectivity index (χ4v) is 2.62. The fourth-order valence-electron chi connectivity index (χ4n) is 2.28. The third-order valence-corrected chi connectivity index (χ3v) is 4.16. The molecular weight excluding hydrogens is 298 g/mol. The molecule has 0 aliphatic carbocycles. The summed E-state index contributed by atoms with van der Waals surface area (Å²) in [6.45, 7) is 8.71. The molecule has 0 bridgehead atoms. The van der Waals surface area contributed by atoms with Crippen molar-refractivity contribution < 1.29 is 4.79 Å². The van der Waals surface area contributed by atoms with E-state index in [4.69, 9.17) is 11.6 Å². The molecular formula is C17H22ClN3O. The lowest BCUT2D eigenvalue weighted by atomic mass is 10.1. The molecule has 0 saturated heterocycles. The van der Waals surface area contributed by atoms with Crippen LogP contribution in [0.5, 0.6) is 0 Å². The number of hydrogen-bond acceptors (Lipinski definition) is 2. The number of carbonyl (C=O) groups is 1. The Labute approximate surface area is 136 Å². The Morgan fingerprint density at radius 3 is 2.64 bits per heavy atom. The summed E-state index contributed by atoms with van der Waals surface area (Å²) in [6.07, 6.45) is 2.04. The van der Waals surface area contributed by atoms with Crippen LogP contribution in [0.1, 0.15) is 46.9 Å². The van der Waals surface area contributed by atoms with Crippen molar-refractivity contribution in [3.63, 3.8) is 0 Å². The first-order valence-electron chi connectivity index (χ1n) is 7.55. The van der Waals surface area contributed by atoms with E-state index < -0.39 is 0 Å². The lowest BCUT2D eigenvalue weighted by Crippen LogP contribution is -2.13. The number of carbonyl (C=O) groups excluding carboxylic acids is 1. The lowest BCUT2D eigenvalue weighted by Gasteiger charge is -2.08. The van der Waals surface area contributed by atoms with E-state index in [0.717, 1.165) is 30.6 Å². The smallest absolute Gasteiger partial charge is 0.260 e. The van der Waals surface area contributed by atoms with Crippen LogP contribution < -0.4 is 5.32 Å². The standard InChI is InChI=1S/C17H22ClN3O/c1-5-6-9-21-16(18)15(13(4)20-21)17(22)19-14-8-7-11(2)12(3)10-14/h7-8,10H,5-6,9H2,1-4H3,(H,19,22). The van der Waals surface area contributed by atoms with Crippen molar-refractivity contribution in [1.82, 2.24) is 9.78 Å². The Kier molecular flexibility index (Phi) is 5.24. The molecule has 0 spiro atoms. The Bertz CT molecular complexity index is 691. The Hall–Kier alpha value is -1.81. The van der Waals surface area contributed by atoms with Gasteiger partial charge in [-0.1, -0.05) is 31.0 Å². The largest absolute Gasteiger partial charge is 0.322 e. The number of rotatable bonds is 5. The summed E-state index contributed by atoms with van der Waals surface area (Å²) in [5, 5.41) is 7.68. The van der Waals surface area contributed by atoms with E-state index in [1.54, 1.807) is 4.68 Å². The molecule has 1 aromatic carbocycles. The van der Waals surface area contributed by atoms with Crippen LogP contribution in [0.2, 0.25) is 5.15 Å². The molecule has 22 heavy (non-hydrogen) atoms. The van der Waals surface area contributed by atoms with Gasteiger partial charge in [0.05, 0.1) is 11.3 Å². The molecule has 2 aromatic rings. The van der Waals surface area contributed by atoms with Gasteiger partial charge in [-0.25, -0.2) is 0 Å². The molecule has 5 heteroatoms. The number of anilines is 1. The number of hydrogen-bond donors (Lipinski definition) is 1. The van der Waals surface area contributed by atoms with Crippen LogP contribution >= 0.6 is 11.6 Å². The summed E-state index contributed by atoms with van der Waals surface area (Å²) in [6, 6.07) is 5.84. The molecule has 0 atom stereocenters. The van der Waals surface area contributed by atoms with Crippen LogP contribution in [-0.2, 0) is 6.54 Å². The summed E-state index contributed by atoms with van der Waals surface area (Å²) in [4.78, 5) is 12.5. The van der Waals surface area contributed by atoms with Crippen LogP contribution in [0.25, 0.3) is 0 Å². The minimum absolute atomic E-state index is 0.214. The van der Waals surface area contributed by atoms with E-state index in [2.05, 4.69) is 17.3 Å². The molecule has 0 fully saturated rings. The third-order valence-electron chi connectivity index (χ3n) is 3.78. The van der Waals surface area contributed by atoms with Crippen LogP contribution in [0, 0.1) is 20.8 Å². The monoisotopic (exact) mass is 319 g/mol. The van der Waals surface area contributed by atoms with Crippen LogP contribution in [0.15, 0.2) is 18.2 Å². The van der Waals surface area contributed by atoms with Gasteiger partial charge in [-0.05, 0) is 50.5 Å². The van der Waals surface area contributed by atoms with Gasteiger partial charge in [0, 0.05) is 12.2 Å². The molecule has 4 nitrogen and oxygen atoms in total. The minimum atomic E-state index is -0.214. The molecule has 1 amide bonds. The zero-order valence-corrected chi connectivity index (χ0v) is 14.3. The van der Waals surface area contributed by atoms with Crippen molar-refractivity contribution in [2.24, 2.45) is 0 Å². The second kappa shape index (κ2) is 6.97. The number of amides is 1. The molecule has 2 rings (SSSR count). The summed E-state index contributed by atoms with van der Waals surface area (Å²) in [5.74, 6) is -0.214. The molecule has 118 valence electrons. The number of aromatic nitrogens is 2. The number of benzene rings is 1. The maximum atomic E-state index is 12.5. The van der Waals surface area contributed by atoms with Crippen molar-refractivity contribution in [3.05, 3.63) is 45.7 Å². The zero-order chi connectivity index (χ0) is 16.3. The second-order valence-electron chi connectivity index (χ2n) is 5.58. The Morgan fingerprint density at radius 2 is 2.00 bits per heavy atom. The average molecular weight is 320 g/mol. The van der Waals surface area contributed by atoms with E-state index in [-0.39, 0.29) is 5.91 Å². The van der Waals surface area contributed by atoms with Gasteiger partial charge < -0.3 is 5.32 Å². The van der Waals surface area contributed by atoms with Crippen LogP contribution in [0.3, 0.4) is 0 Å². The van der Waals surface area contributed by atoms with Gasteiger partial charge in [0.2, 0.25) is 0 Å². The molecule has 0 saturated carbocycles. The highest BCUT2D eigenvalue weighted by atomic mass is 35.5. The van der Waals surface area contributed by atoms with Crippen molar-refractivity contribution in [3.8, 4) is 0 Å². The number of unbranched alkanes of at least 4 members (excludes halogenated alkanes) is 1. The van der Waals surface area contributed by atoms with Gasteiger partial charge in [0.15, 0.2) is 0 Å². The van der Waals surface area contributed by atoms with Crippen molar-refractivity contribution in [2.75, 3.05) is 5.32 Å². The van der Waals surface area contributed by atoms with Gasteiger partial charge in [-0.3, -0.25) is 9.48 Å². The molecule has 0 aliphatic rings. The number of nitrogens with one attached hydrogen (secondary N) is 1. The molecule has 1 N–H and O–H groups in total. The van der Waals surface area contributed by atoms with Crippen molar-refractivity contribution in [2.45, 2.75) is 47.1 Å². The number of nitrogens with zero attached hydrogens (tertiary/aromatic N) is 2. The molecule has 0 radical (unpaired) electrons. The van der Waals surface area contributed by atoms with Gasteiger partial charge in [0.1, 0.15) is 5.15 Å². The average Bonchev–Trinajstić information content (AvgIpc) is 2.75. The molecule has 0 aliphatic heterocycles. The second-order valence-corrected chi connectivity index (χ2v) is 5.94.